The second-order valence-electron chi connectivity index (χ2n) is 46.4. The molecule has 4 unspecified atom stereocenters. The lowest BCUT2D eigenvalue weighted by Crippen LogP contribution is -2.60. The van der Waals surface area contributed by atoms with Crippen LogP contribution in [-0.4, -0.2) is 40.4 Å². The molecule has 738 valence electrons. The number of aliphatic carboxylic acids is 4. The number of carbonyl (C=O) groups is 5. The van der Waals surface area contributed by atoms with Crippen LogP contribution in [-0.2, 0) is 83.8 Å². The molecule has 142 heavy (non-hydrogen) atoms. The highest BCUT2D eigenvalue weighted by molar-refractivity contribution is 7.98. The van der Waals surface area contributed by atoms with Crippen molar-refractivity contribution in [2.45, 2.75) is 291 Å². The minimum atomic E-state index is -0.926. The summed E-state index contributed by atoms with van der Waals surface area (Å²) in [4.78, 5) is 72.7. The molecule has 0 radical (unpaired) electrons. The molecule has 16 aliphatic rings. The van der Waals surface area contributed by atoms with E-state index in [1.807, 2.05) is 0 Å². The first-order chi connectivity index (χ1) is 68.1. The zero-order chi connectivity index (χ0) is 99.8. The Morgan fingerprint density at radius 1 is 0.225 bits per heavy atom. The Morgan fingerprint density at radius 3 is 0.563 bits per heavy atom. The molecule has 16 saturated carbocycles. The number of carboxylic acids is 4. The van der Waals surface area contributed by atoms with Crippen molar-refractivity contribution in [2.24, 2.45) is 86.8 Å². The number of hydrogen-bond donors (Lipinski definition) is 1. The van der Waals surface area contributed by atoms with Crippen molar-refractivity contribution >= 4 is 73.2 Å². The van der Waals surface area contributed by atoms with Gasteiger partial charge in [0.2, 0.25) is 0 Å². The average molecular weight is 1970 g/mol. The Hall–Kier alpha value is -10.5. The Morgan fingerprint density at radius 2 is 0.387 bits per heavy atom. The minimum absolute atomic E-state index is 0.0146. The Kier molecular flexibility index (Phi) is 32.1. The van der Waals surface area contributed by atoms with Gasteiger partial charge in [0.25, 0.3) is 0 Å². The monoisotopic (exact) mass is 1970 g/mol. The molecule has 0 amide bonds. The summed E-state index contributed by atoms with van der Waals surface area (Å²) in [6, 6.07) is 124. The fourth-order valence-electron chi connectivity index (χ4n) is 27.1. The van der Waals surface area contributed by atoms with Crippen LogP contribution in [0.15, 0.2) is 405 Å². The molecule has 0 aromatic heterocycles. The molecule has 0 aliphatic heterocycles. The van der Waals surface area contributed by atoms with Gasteiger partial charge in [-0.2, -0.15) is 0 Å². The van der Waals surface area contributed by atoms with Gasteiger partial charge in [0.1, 0.15) is 5.78 Å². The van der Waals surface area contributed by atoms with Gasteiger partial charge in [-0.05, 0) is 379 Å². The van der Waals surface area contributed by atoms with Crippen molar-refractivity contribution in [2.75, 3.05) is 0 Å². The molecule has 0 saturated heterocycles. The van der Waals surface area contributed by atoms with E-state index < -0.39 is 51.1 Å². The highest BCUT2D eigenvalue weighted by Crippen LogP contribution is 2.64. The summed E-state index contributed by atoms with van der Waals surface area (Å²) in [5, 5.41) is 54.8. The van der Waals surface area contributed by atoms with Crippen LogP contribution < -0.4 is 20.4 Å². The van der Waals surface area contributed by atoms with Crippen LogP contribution in [0.2, 0.25) is 0 Å². The summed E-state index contributed by atoms with van der Waals surface area (Å²) >= 11 is 0. The summed E-state index contributed by atoms with van der Waals surface area (Å²) in [5.74, 6) is 2.67. The van der Waals surface area contributed by atoms with Gasteiger partial charge >= 0.3 is 0 Å². The maximum Gasteiger partial charge on any atom is 0.166 e. The molecule has 12 aromatic carbocycles. The van der Waals surface area contributed by atoms with Crippen LogP contribution in [0.4, 0.5) is 0 Å². The van der Waals surface area contributed by atoms with Crippen molar-refractivity contribution in [3.8, 4) is 0 Å². The lowest BCUT2D eigenvalue weighted by molar-refractivity contribution is -0.331. The second kappa shape index (κ2) is 44.2. The maximum absolute atomic E-state index is 11.7. The molecular weight excluding hydrogens is 1830 g/mol. The third kappa shape index (κ3) is 24.3. The topological polar surface area (TPSA) is 198 Å². The van der Waals surface area contributed by atoms with E-state index in [0.29, 0.717) is 78.3 Å². The Bertz CT molecular complexity index is 5310. The van der Waals surface area contributed by atoms with E-state index in [9.17, 15) is 49.5 Å². The summed E-state index contributed by atoms with van der Waals surface area (Å²) in [5.41, 5.74) is 1.86. The molecule has 16 bridgehead atoms. The van der Waals surface area contributed by atoms with Gasteiger partial charge in [0, 0.05) is 57.4 Å². The normalized spacial score (nSPS) is 27.0. The first-order valence-electron chi connectivity index (χ1n) is 52.0. The Balaban J connectivity index is 0.000000113. The molecule has 16 aliphatic carbocycles. The SMILES string of the molecule is CC(C)(C)c1ccc([S+](c2ccc(C(C)(C)C)cc2)c2ccc(C(C)(C)C)cc2)cc1.O=C([O-])C12CC3CC(CC(C3)C1)C2.O=C([O-])C12CC3CC(CC(C3)C1)C2.O=C([O-])C12CC3CC(CC(O)(C3)C1)C2.O=C1C2CC3CC1CC(C(=O)[O-])(C3)C2.c1ccc([S+](c2ccccc2)c2ccccc2)cc1.c1ccc([S+](c2ccccc2)c2ccccc2)cc1.c1ccc([S+](c2ccccc2)c2ccccc2)cc1. The van der Waals surface area contributed by atoms with Crippen LogP contribution >= 0.6 is 0 Å². The number of Topliss-reactive ketones (excluding diaryl/α,β-unsaturated/α-hetero) is 1. The molecule has 1 N–H and O–H groups in total. The van der Waals surface area contributed by atoms with Crippen molar-refractivity contribution in [3.63, 3.8) is 0 Å². The predicted molar refractivity (Wildman–Crippen MR) is 566 cm³/mol. The zero-order valence-electron chi connectivity index (χ0n) is 84.3. The van der Waals surface area contributed by atoms with Crippen LogP contribution in [0.1, 0.15) is 227 Å². The number of benzene rings is 12. The molecule has 0 spiro atoms. The third-order valence-electron chi connectivity index (χ3n) is 32.5. The molecule has 16 fully saturated rings. The first kappa shape index (κ1) is 103. The van der Waals surface area contributed by atoms with Crippen LogP contribution in [0, 0.1) is 86.8 Å². The van der Waals surface area contributed by atoms with E-state index in [2.05, 4.69) is 408 Å². The fourth-order valence-corrected chi connectivity index (χ4v) is 35.4. The van der Waals surface area contributed by atoms with Gasteiger partial charge in [-0.1, -0.05) is 263 Å². The summed E-state index contributed by atoms with van der Waals surface area (Å²) < 4.78 is 0. The van der Waals surface area contributed by atoms with E-state index in [0.717, 1.165) is 89.9 Å². The van der Waals surface area contributed by atoms with E-state index in [1.165, 1.54) is 114 Å². The molecule has 14 heteroatoms. The quantitative estimate of drug-likeness (QED) is 0.0908. The number of carboxylic acid groups (broad SMARTS) is 4. The van der Waals surface area contributed by atoms with Gasteiger partial charge in [-0.25, -0.2) is 0 Å². The zero-order valence-corrected chi connectivity index (χ0v) is 87.5. The molecule has 12 aromatic rings. The number of ketones is 1. The standard InChI is InChI=1S/C30H39S.3C18H15S.C11H16O3.C11H14O3.2C11H16O2/c1-28(2,3)22-10-16-25(17-11-22)31(26-18-12-23(13-19-26)29(4,5)6)27-20-14-24(15-21-27)30(7,8)9;3*1-4-10-16(11-5-1)19(17-12-6-2-7-13-17)18-14-8-3-9-15-18;12-9(13)10-2-7-1-8(3-10)5-11(14,4-7)6-10;12-9-7-1-6-2-8(9)5-11(3-6,4-7)10(13)14;2*12-10(13)11-4-7-1-8(5-11)3-9(2-7)6-11/h10-21H,1-9H3;3*1-15H;7-8,14H,1-6H2,(H,12,13);6-8H,1-5H2,(H,13,14);2*7-9H,1-6H2,(H,12,13)/q4*+1;;;;/p-4. The highest BCUT2D eigenvalue weighted by Gasteiger charge is 2.59. The molecular formula is C128H142O10S4. The summed E-state index contributed by atoms with van der Waals surface area (Å²) in [6.07, 6.45) is 21.7. The Labute approximate surface area is 856 Å². The van der Waals surface area contributed by atoms with Crippen molar-refractivity contribution < 1.29 is 49.5 Å². The van der Waals surface area contributed by atoms with Crippen LogP contribution in [0.3, 0.4) is 0 Å². The number of aliphatic hydroxyl groups is 1. The van der Waals surface area contributed by atoms with Gasteiger partial charge in [0.15, 0.2) is 58.7 Å². The highest BCUT2D eigenvalue weighted by atomic mass is 32.2. The molecule has 0 heterocycles. The summed E-state index contributed by atoms with van der Waals surface area (Å²) in [6.45, 7) is 20.5. The average Bonchev–Trinajstić information content (AvgIpc) is 0.697. The van der Waals surface area contributed by atoms with E-state index in [-0.39, 0.29) is 71.7 Å². The van der Waals surface area contributed by atoms with E-state index in [4.69, 9.17) is 0 Å². The van der Waals surface area contributed by atoms with Gasteiger partial charge in [-0.3, -0.25) is 4.79 Å². The molecule has 10 nitrogen and oxygen atoms in total. The molecule has 28 rings (SSSR count). The van der Waals surface area contributed by atoms with E-state index in [1.54, 1.807) is 0 Å². The maximum atomic E-state index is 11.7. The fraction of sp³-hybridized carbons (Fsp3) is 0.398. The lowest BCUT2D eigenvalue weighted by atomic mass is 9.48. The van der Waals surface area contributed by atoms with Gasteiger partial charge < -0.3 is 44.7 Å². The number of hydrogen-bond acceptors (Lipinski definition) is 10. The van der Waals surface area contributed by atoms with Crippen molar-refractivity contribution in [1.29, 1.82) is 0 Å². The van der Waals surface area contributed by atoms with Gasteiger partial charge in [0.05, 0.1) is 49.2 Å². The predicted octanol–water partition coefficient (Wildman–Crippen LogP) is 25.1. The van der Waals surface area contributed by atoms with Gasteiger partial charge in [-0.15, -0.1) is 0 Å². The second-order valence-corrected chi connectivity index (χ2v) is 54.5. The van der Waals surface area contributed by atoms with Crippen LogP contribution in [0.25, 0.3) is 0 Å². The third-order valence-corrected chi connectivity index (χ3v) is 41.4. The molecule has 4 atom stereocenters. The van der Waals surface area contributed by atoms with E-state index >= 15 is 0 Å². The van der Waals surface area contributed by atoms with Crippen molar-refractivity contribution in [3.05, 3.63) is 362 Å². The largest absolute Gasteiger partial charge is 0.550 e. The van der Waals surface area contributed by atoms with Crippen LogP contribution in [0.5, 0.6) is 0 Å². The minimum Gasteiger partial charge on any atom is -0.550 e. The first-order valence-corrected chi connectivity index (χ1v) is 56.9. The number of rotatable bonds is 16. The number of carbonyl (C=O) groups excluding carboxylic acids is 5. The van der Waals surface area contributed by atoms with Crippen molar-refractivity contribution in [1.82, 2.24) is 0 Å². The lowest BCUT2D eigenvalue weighted by Gasteiger charge is -2.60. The smallest absolute Gasteiger partial charge is 0.166 e. The summed E-state index contributed by atoms with van der Waals surface area (Å²) in [7, 11) is -0.164.